The number of hydrogen-bond acceptors (Lipinski definition) is 2. The Morgan fingerprint density at radius 2 is 0.610 bits per heavy atom. The molecular weight excluding hydrogens is 563 g/mol. The van der Waals surface area contributed by atoms with Crippen LogP contribution in [-0.2, 0) is 26.4 Å². The Bertz CT molecular complexity index is 517. The van der Waals surface area contributed by atoms with Crippen LogP contribution in [0.4, 0.5) is 0 Å². The molecule has 0 spiro atoms. The smallest absolute Gasteiger partial charge is 0.324 e. The molecule has 0 radical (unpaired) electrons. The average Bonchev–Trinajstić information content (AvgIpc) is 2.94. The number of hydrogen-bond donors (Lipinski definition) is 1. The molecule has 0 fully saturated rings. The van der Waals surface area contributed by atoms with E-state index in [0.717, 1.165) is 25.7 Å². The zero-order chi connectivity index (χ0) is 29.2. The molecular formula is C36H75CrO3P. The fourth-order valence-electron chi connectivity index (χ4n) is 5.78. The van der Waals surface area contributed by atoms with Gasteiger partial charge in [-0.25, -0.2) is 0 Å². The molecule has 0 aliphatic heterocycles. The Morgan fingerprint density at radius 1 is 0.390 bits per heavy atom. The summed E-state index contributed by atoms with van der Waals surface area (Å²) in [5.41, 5.74) is 0. The molecule has 0 aromatic carbocycles. The third kappa shape index (κ3) is 38.7. The summed E-state index contributed by atoms with van der Waals surface area (Å²) in [7, 11) is -3.37. The summed E-state index contributed by atoms with van der Waals surface area (Å²) < 4.78 is 17.6. The Hall–Kier alpha value is 0.682. The van der Waals surface area contributed by atoms with E-state index in [1.54, 1.807) is 0 Å². The van der Waals surface area contributed by atoms with Gasteiger partial charge in [0.2, 0.25) is 0 Å². The van der Waals surface area contributed by atoms with Crippen LogP contribution in [0.1, 0.15) is 219 Å². The zero-order valence-corrected chi connectivity index (χ0v) is 30.3. The molecule has 0 saturated heterocycles. The van der Waals surface area contributed by atoms with Gasteiger partial charge in [-0.3, -0.25) is 4.57 Å². The van der Waals surface area contributed by atoms with Gasteiger partial charge in [0.1, 0.15) is 0 Å². The molecule has 248 valence electrons. The van der Waals surface area contributed by atoms with Crippen molar-refractivity contribution < 1.29 is 31.3 Å². The summed E-state index contributed by atoms with van der Waals surface area (Å²) in [5, 5.41) is 0. The Labute approximate surface area is 270 Å². The molecule has 1 N–H and O–H groups in total. The first-order chi connectivity index (χ1) is 19.6. The first kappa shape index (κ1) is 43.8. The van der Waals surface area contributed by atoms with Gasteiger partial charge in [-0.2, -0.15) is 0 Å². The summed E-state index contributed by atoms with van der Waals surface area (Å²) in [4.78, 5) is 10.1. The quantitative estimate of drug-likeness (QED) is 0.0555. The van der Waals surface area contributed by atoms with Gasteiger partial charge in [-0.1, -0.05) is 206 Å². The van der Waals surface area contributed by atoms with Crippen molar-refractivity contribution in [1.82, 2.24) is 0 Å². The van der Waals surface area contributed by atoms with Crippen molar-refractivity contribution in [3.8, 4) is 0 Å². The molecule has 1 atom stereocenters. The van der Waals surface area contributed by atoms with Crippen LogP contribution in [0.25, 0.3) is 0 Å². The molecule has 5 heteroatoms. The van der Waals surface area contributed by atoms with Gasteiger partial charge in [0.25, 0.3) is 0 Å². The molecule has 0 amide bonds. The second-order valence-corrected chi connectivity index (χ2v) is 14.8. The Balaban J connectivity index is 0. The topological polar surface area (TPSA) is 46.5 Å². The van der Waals surface area contributed by atoms with Gasteiger partial charge in [0.05, 0.1) is 6.61 Å². The standard InChI is InChI=1S/C36H75O3P.Cr/c1-3-5-7-9-11-13-15-17-19-21-23-25-27-29-31-33-35-39-40(37,38)36-34-32-30-28-26-24-22-20-18-16-14-12-10-8-6-4-2;/h3-36H2,1-2H3,(H,37,38);. The number of rotatable bonds is 35. The molecule has 0 saturated carbocycles. The molecule has 0 bridgehead atoms. The fraction of sp³-hybridized carbons (Fsp3) is 1.00. The van der Waals surface area contributed by atoms with Crippen molar-refractivity contribution in [2.45, 2.75) is 219 Å². The van der Waals surface area contributed by atoms with Crippen LogP contribution in [0.5, 0.6) is 0 Å². The largest absolute Gasteiger partial charge is 0.328 e. The Kier molecular flexibility index (Phi) is 39.4. The van der Waals surface area contributed by atoms with Crippen molar-refractivity contribution in [3.63, 3.8) is 0 Å². The summed E-state index contributed by atoms with van der Waals surface area (Å²) in [6.45, 7) is 5.02. The first-order valence-electron chi connectivity index (χ1n) is 18.6. The Morgan fingerprint density at radius 3 is 0.878 bits per heavy atom. The first-order valence-corrected chi connectivity index (χ1v) is 20.3. The van der Waals surface area contributed by atoms with Crippen LogP contribution >= 0.6 is 7.60 Å². The van der Waals surface area contributed by atoms with Crippen LogP contribution in [-0.4, -0.2) is 17.7 Å². The monoisotopic (exact) mass is 638 g/mol. The minimum absolute atomic E-state index is 0. The summed E-state index contributed by atoms with van der Waals surface area (Å²) in [6.07, 6.45) is 42.9. The van der Waals surface area contributed by atoms with Gasteiger partial charge in [-0.05, 0) is 12.8 Å². The van der Waals surface area contributed by atoms with E-state index in [1.807, 2.05) is 0 Å². The van der Waals surface area contributed by atoms with E-state index >= 15 is 0 Å². The summed E-state index contributed by atoms with van der Waals surface area (Å²) in [6, 6.07) is 0. The second kappa shape index (κ2) is 36.9. The van der Waals surface area contributed by atoms with E-state index in [9.17, 15) is 9.46 Å². The maximum Gasteiger partial charge on any atom is 0.328 e. The maximum atomic E-state index is 12.3. The van der Waals surface area contributed by atoms with E-state index in [1.165, 1.54) is 180 Å². The molecule has 0 heterocycles. The summed E-state index contributed by atoms with van der Waals surface area (Å²) in [5.74, 6) is 0. The van der Waals surface area contributed by atoms with Crippen molar-refractivity contribution in [2.75, 3.05) is 12.8 Å². The van der Waals surface area contributed by atoms with Crippen LogP contribution in [0.3, 0.4) is 0 Å². The molecule has 0 aliphatic rings. The van der Waals surface area contributed by atoms with E-state index in [2.05, 4.69) is 13.8 Å². The van der Waals surface area contributed by atoms with Gasteiger partial charge in [0.15, 0.2) is 0 Å². The fourth-order valence-corrected chi connectivity index (χ4v) is 6.95. The van der Waals surface area contributed by atoms with Crippen molar-refractivity contribution >= 4 is 7.60 Å². The SMILES string of the molecule is CCCCCCCCCCCCCCCCCCOP(=O)(O)CCCCCCCCCCCCCCCCCC.[Cr]. The molecule has 0 aliphatic carbocycles. The van der Waals surface area contributed by atoms with E-state index in [4.69, 9.17) is 4.52 Å². The van der Waals surface area contributed by atoms with Crippen molar-refractivity contribution in [2.24, 2.45) is 0 Å². The second-order valence-electron chi connectivity index (χ2n) is 12.8. The molecule has 1 unspecified atom stereocenters. The minimum Gasteiger partial charge on any atom is -0.324 e. The molecule has 3 nitrogen and oxygen atoms in total. The van der Waals surface area contributed by atoms with E-state index in [-0.39, 0.29) is 17.4 Å². The average molecular weight is 639 g/mol. The van der Waals surface area contributed by atoms with Gasteiger partial charge in [0, 0.05) is 23.5 Å². The zero-order valence-electron chi connectivity index (χ0n) is 28.2. The molecule has 0 aromatic heterocycles. The molecule has 0 rings (SSSR count). The van der Waals surface area contributed by atoms with E-state index in [0.29, 0.717) is 12.8 Å². The maximum absolute atomic E-state index is 12.3. The third-order valence-electron chi connectivity index (χ3n) is 8.59. The predicted molar refractivity (Wildman–Crippen MR) is 180 cm³/mol. The van der Waals surface area contributed by atoms with Crippen LogP contribution in [0.15, 0.2) is 0 Å². The number of unbranched alkanes of at least 4 members (excludes halogenated alkanes) is 30. The van der Waals surface area contributed by atoms with Crippen molar-refractivity contribution in [1.29, 1.82) is 0 Å². The third-order valence-corrected chi connectivity index (χ3v) is 10.1. The molecule has 0 aromatic rings. The normalized spacial score (nSPS) is 12.9. The predicted octanol–water partition coefficient (Wildman–Crippen LogP) is 13.7. The van der Waals surface area contributed by atoms with Crippen molar-refractivity contribution in [3.05, 3.63) is 0 Å². The van der Waals surface area contributed by atoms with Gasteiger partial charge in [-0.15, -0.1) is 0 Å². The van der Waals surface area contributed by atoms with Gasteiger partial charge >= 0.3 is 7.60 Å². The van der Waals surface area contributed by atoms with Crippen LogP contribution < -0.4 is 0 Å². The van der Waals surface area contributed by atoms with Crippen LogP contribution in [0, 0.1) is 0 Å². The minimum atomic E-state index is -3.37. The van der Waals surface area contributed by atoms with E-state index < -0.39 is 7.60 Å². The van der Waals surface area contributed by atoms with Gasteiger partial charge < -0.3 is 9.42 Å². The molecule has 41 heavy (non-hydrogen) atoms. The van der Waals surface area contributed by atoms with Crippen LogP contribution in [0.2, 0.25) is 0 Å². The summed E-state index contributed by atoms with van der Waals surface area (Å²) >= 11 is 0.